The summed E-state index contributed by atoms with van der Waals surface area (Å²) >= 11 is 0. The maximum Gasteiger partial charge on any atom is 0.490 e. The van der Waals surface area contributed by atoms with E-state index in [1.165, 1.54) is 0 Å². The van der Waals surface area contributed by atoms with Crippen LogP contribution >= 0.6 is 0 Å². The molecule has 11 heteroatoms. The summed E-state index contributed by atoms with van der Waals surface area (Å²) in [7, 11) is 0. The van der Waals surface area contributed by atoms with Crippen molar-refractivity contribution in [2.75, 3.05) is 19.7 Å². The SMILES string of the molecule is O=C(O)C(F)(F)F.c1ccc(-c2ccc3nc(C4CN(Cc5ccccn5)CCO4)nn3c2)cc1. The lowest BCUT2D eigenvalue weighted by atomic mass is 10.1. The van der Waals surface area contributed by atoms with Gasteiger partial charge in [-0.15, -0.1) is 5.10 Å². The van der Waals surface area contributed by atoms with Crippen LogP contribution < -0.4 is 0 Å². The first-order valence-electron chi connectivity index (χ1n) is 10.8. The van der Waals surface area contributed by atoms with Crippen molar-refractivity contribution in [1.29, 1.82) is 0 Å². The first-order chi connectivity index (χ1) is 16.8. The molecule has 0 spiro atoms. The van der Waals surface area contributed by atoms with Gasteiger partial charge in [0.15, 0.2) is 11.5 Å². The zero-order valence-corrected chi connectivity index (χ0v) is 18.5. The number of morpholine rings is 1. The number of aromatic nitrogens is 4. The van der Waals surface area contributed by atoms with Crippen molar-refractivity contribution in [3.05, 3.63) is 84.6 Å². The molecule has 4 heterocycles. The summed E-state index contributed by atoms with van der Waals surface area (Å²) < 4.78 is 39.6. The summed E-state index contributed by atoms with van der Waals surface area (Å²) in [6.45, 7) is 3.13. The molecular weight excluding hydrogens is 463 g/mol. The number of alkyl halides is 3. The number of nitrogens with zero attached hydrogens (tertiary/aromatic N) is 5. The molecule has 1 atom stereocenters. The Balaban J connectivity index is 0.000000364. The van der Waals surface area contributed by atoms with Crippen LogP contribution in [-0.4, -0.2) is 61.4 Å². The van der Waals surface area contributed by atoms with Crippen LogP contribution in [0.1, 0.15) is 17.6 Å². The van der Waals surface area contributed by atoms with Crippen LogP contribution in [0.4, 0.5) is 13.2 Å². The molecule has 35 heavy (non-hydrogen) atoms. The van der Waals surface area contributed by atoms with Gasteiger partial charge in [-0.3, -0.25) is 9.88 Å². The predicted octanol–water partition coefficient (Wildman–Crippen LogP) is 4.00. The summed E-state index contributed by atoms with van der Waals surface area (Å²) in [5.41, 5.74) is 4.18. The third-order valence-corrected chi connectivity index (χ3v) is 5.25. The highest BCUT2D eigenvalue weighted by Crippen LogP contribution is 2.23. The number of benzene rings is 1. The molecule has 182 valence electrons. The molecule has 1 aliphatic rings. The van der Waals surface area contributed by atoms with Gasteiger partial charge in [-0.25, -0.2) is 14.3 Å². The van der Waals surface area contributed by atoms with Gasteiger partial charge in [0.05, 0.1) is 12.3 Å². The van der Waals surface area contributed by atoms with Crippen molar-refractivity contribution in [2.24, 2.45) is 0 Å². The van der Waals surface area contributed by atoms with E-state index < -0.39 is 12.1 Å². The Hall–Kier alpha value is -3.83. The third kappa shape index (κ3) is 6.40. The average Bonchev–Trinajstić information content (AvgIpc) is 3.29. The molecule has 8 nitrogen and oxygen atoms in total. The van der Waals surface area contributed by atoms with Crippen LogP contribution in [0.25, 0.3) is 16.8 Å². The number of pyridine rings is 2. The van der Waals surface area contributed by atoms with Crippen LogP contribution in [0.5, 0.6) is 0 Å². The molecule has 1 N–H and O–H groups in total. The molecule has 5 rings (SSSR count). The van der Waals surface area contributed by atoms with Crippen molar-refractivity contribution < 1.29 is 27.8 Å². The van der Waals surface area contributed by atoms with E-state index in [0.29, 0.717) is 6.61 Å². The van der Waals surface area contributed by atoms with Gasteiger partial charge in [-0.1, -0.05) is 36.4 Å². The Morgan fingerprint density at radius 1 is 1.06 bits per heavy atom. The molecule has 0 amide bonds. The molecule has 0 bridgehead atoms. The summed E-state index contributed by atoms with van der Waals surface area (Å²) in [4.78, 5) is 20.4. The normalized spacial score (nSPS) is 16.5. The Kier molecular flexibility index (Phi) is 7.37. The average molecular weight is 485 g/mol. The summed E-state index contributed by atoms with van der Waals surface area (Å²) in [5, 5.41) is 11.8. The first kappa shape index (κ1) is 24.3. The highest BCUT2D eigenvalue weighted by atomic mass is 19.4. The Labute approximate surface area is 198 Å². The van der Waals surface area contributed by atoms with Gasteiger partial charge >= 0.3 is 12.1 Å². The molecular formula is C24H22F3N5O3. The minimum atomic E-state index is -5.08. The van der Waals surface area contributed by atoms with Crippen LogP contribution in [0.2, 0.25) is 0 Å². The van der Waals surface area contributed by atoms with E-state index in [0.717, 1.165) is 47.9 Å². The second-order valence-corrected chi connectivity index (χ2v) is 7.78. The van der Waals surface area contributed by atoms with Crippen LogP contribution in [0, 0.1) is 0 Å². The second kappa shape index (κ2) is 10.6. The first-order valence-corrected chi connectivity index (χ1v) is 10.8. The molecule has 0 radical (unpaired) electrons. The fraction of sp³-hybridized carbons (Fsp3) is 0.250. The monoisotopic (exact) mass is 485 g/mol. The zero-order valence-electron chi connectivity index (χ0n) is 18.5. The van der Waals surface area contributed by atoms with Crippen molar-refractivity contribution in [3.63, 3.8) is 0 Å². The quantitative estimate of drug-likeness (QED) is 0.467. The number of carboxylic acid groups (broad SMARTS) is 1. The van der Waals surface area contributed by atoms with Gasteiger partial charge in [0.2, 0.25) is 0 Å². The molecule has 1 aliphatic heterocycles. The minimum absolute atomic E-state index is 0.127. The minimum Gasteiger partial charge on any atom is -0.475 e. The topological polar surface area (TPSA) is 92.8 Å². The number of carboxylic acids is 1. The van der Waals surface area contributed by atoms with E-state index in [2.05, 4.69) is 34.1 Å². The summed E-state index contributed by atoms with van der Waals surface area (Å²) in [6, 6.07) is 20.4. The number of fused-ring (bicyclic) bond motifs is 1. The predicted molar refractivity (Wildman–Crippen MR) is 120 cm³/mol. The molecule has 0 saturated carbocycles. The van der Waals surface area contributed by atoms with E-state index in [-0.39, 0.29) is 6.10 Å². The van der Waals surface area contributed by atoms with Gasteiger partial charge in [-0.05, 0) is 29.8 Å². The van der Waals surface area contributed by atoms with Gasteiger partial charge < -0.3 is 9.84 Å². The maximum atomic E-state index is 10.6. The lowest BCUT2D eigenvalue weighted by Gasteiger charge is -2.31. The highest BCUT2D eigenvalue weighted by Gasteiger charge is 2.38. The smallest absolute Gasteiger partial charge is 0.475 e. The number of aliphatic carboxylic acids is 1. The molecule has 0 aliphatic carbocycles. The van der Waals surface area contributed by atoms with Crippen LogP contribution in [0.15, 0.2) is 73.1 Å². The van der Waals surface area contributed by atoms with Gasteiger partial charge in [0.1, 0.15) is 6.10 Å². The number of hydrogen-bond acceptors (Lipinski definition) is 6. The molecule has 1 saturated heterocycles. The van der Waals surface area contributed by atoms with Gasteiger partial charge in [0.25, 0.3) is 0 Å². The van der Waals surface area contributed by atoms with Crippen LogP contribution in [-0.2, 0) is 16.1 Å². The lowest BCUT2D eigenvalue weighted by molar-refractivity contribution is -0.192. The summed E-state index contributed by atoms with van der Waals surface area (Å²) in [5.74, 6) is -2.02. The number of ether oxygens (including phenoxy) is 1. The number of hydrogen-bond donors (Lipinski definition) is 1. The second-order valence-electron chi connectivity index (χ2n) is 7.78. The van der Waals surface area contributed by atoms with E-state index in [1.807, 2.05) is 53.3 Å². The number of halogens is 3. The lowest BCUT2D eigenvalue weighted by Crippen LogP contribution is -2.38. The van der Waals surface area contributed by atoms with Crippen LogP contribution in [0.3, 0.4) is 0 Å². The Morgan fingerprint density at radius 2 is 1.80 bits per heavy atom. The molecule has 3 aromatic heterocycles. The van der Waals surface area contributed by atoms with E-state index in [1.54, 1.807) is 0 Å². The third-order valence-electron chi connectivity index (χ3n) is 5.25. The fourth-order valence-corrected chi connectivity index (χ4v) is 3.56. The van der Waals surface area contributed by atoms with E-state index in [9.17, 15) is 13.2 Å². The summed E-state index contributed by atoms with van der Waals surface area (Å²) in [6.07, 6.45) is -1.35. The maximum absolute atomic E-state index is 10.6. The van der Waals surface area contributed by atoms with Crippen molar-refractivity contribution in [1.82, 2.24) is 24.5 Å². The van der Waals surface area contributed by atoms with E-state index in [4.69, 9.17) is 24.7 Å². The molecule has 4 aromatic rings. The van der Waals surface area contributed by atoms with Crippen molar-refractivity contribution in [3.8, 4) is 11.1 Å². The molecule has 1 unspecified atom stereocenters. The van der Waals surface area contributed by atoms with Gasteiger partial charge in [0, 0.05) is 37.6 Å². The molecule has 1 aromatic carbocycles. The fourth-order valence-electron chi connectivity index (χ4n) is 3.56. The highest BCUT2D eigenvalue weighted by molar-refractivity contribution is 5.73. The number of carbonyl (C=O) groups is 1. The Morgan fingerprint density at radius 3 is 2.49 bits per heavy atom. The largest absolute Gasteiger partial charge is 0.490 e. The zero-order chi connectivity index (χ0) is 24.8. The Bertz CT molecular complexity index is 1270. The van der Waals surface area contributed by atoms with Gasteiger partial charge in [-0.2, -0.15) is 13.2 Å². The van der Waals surface area contributed by atoms with Crippen molar-refractivity contribution in [2.45, 2.75) is 18.8 Å². The number of rotatable bonds is 4. The molecule has 1 fully saturated rings. The van der Waals surface area contributed by atoms with Crippen molar-refractivity contribution >= 4 is 11.6 Å². The standard InChI is InChI=1S/C22H21N5O.C2HF3O2/c1-2-6-17(7-3-1)18-9-10-21-24-22(25-27(21)14-18)20-16-26(12-13-28-20)15-19-8-4-5-11-23-19;3-2(4,5)1(6)7/h1-11,14,20H,12-13,15-16H2;(H,6,7). The van der Waals surface area contributed by atoms with E-state index >= 15 is 0 Å².